The minimum atomic E-state index is -1.76. The number of anilines is 1. The second kappa shape index (κ2) is 10.4. The van der Waals surface area contributed by atoms with Crippen LogP contribution in [-0.4, -0.2) is 45.0 Å². The van der Waals surface area contributed by atoms with E-state index in [1.807, 2.05) is 0 Å². The maximum atomic E-state index is 12.1. The van der Waals surface area contributed by atoms with Gasteiger partial charge in [0.15, 0.2) is 6.04 Å². The van der Waals surface area contributed by atoms with Crippen molar-refractivity contribution in [2.45, 2.75) is 45.1 Å². The summed E-state index contributed by atoms with van der Waals surface area (Å²) in [5, 5.41) is 24.6. The fraction of sp³-hybridized carbons (Fsp3) is 0.333. The molecule has 0 saturated carbocycles. The monoisotopic (exact) mass is 431 g/mol. The van der Waals surface area contributed by atoms with E-state index in [0.717, 1.165) is 0 Å². The van der Waals surface area contributed by atoms with E-state index in [1.54, 1.807) is 51.1 Å². The summed E-state index contributed by atoms with van der Waals surface area (Å²) in [5.41, 5.74) is -0.0870. The summed E-state index contributed by atoms with van der Waals surface area (Å²) in [4.78, 5) is 39.8. The average Bonchev–Trinajstić information content (AvgIpc) is 2.69. The number of aliphatic hydroxyl groups excluding tert-OH is 1. The molecule has 2 aromatic rings. The molecule has 0 saturated heterocycles. The van der Waals surface area contributed by atoms with Crippen molar-refractivity contribution in [1.29, 1.82) is 0 Å². The Morgan fingerprint density at radius 2 is 1.74 bits per heavy atom. The molecule has 2 rings (SSSR count). The largest absolute Gasteiger partial charge is 0.480 e. The van der Waals surface area contributed by atoms with Gasteiger partial charge in [-0.2, -0.15) is 0 Å². The van der Waals surface area contributed by atoms with Gasteiger partial charge in [-0.15, -0.1) is 0 Å². The number of amides is 2. The molecule has 0 bridgehead atoms. The van der Waals surface area contributed by atoms with Gasteiger partial charge in [0.25, 0.3) is 0 Å². The number of rotatable bonds is 7. The molecule has 10 nitrogen and oxygen atoms in total. The van der Waals surface area contributed by atoms with Gasteiger partial charge in [-0.05, 0) is 32.4 Å². The van der Waals surface area contributed by atoms with Crippen molar-refractivity contribution in [2.24, 2.45) is 0 Å². The van der Waals surface area contributed by atoms with Gasteiger partial charge in [-0.1, -0.05) is 36.4 Å². The van der Waals surface area contributed by atoms with Crippen molar-refractivity contribution in [1.82, 2.24) is 10.3 Å². The summed E-state index contributed by atoms with van der Waals surface area (Å²) in [5.74, 6) is -1.61. The first-order chi connectivity index (χ1) is 14.6. The third-order valence-corrected chi connectivity index (χ3v) is 3.84. The molecule has 0 spiro atoms. The van der Waals surface area contributed by atoms with Crippen molar-refractivity contribution in [3.8, 4) is 0 Å². The van der Waals surface area contributed by atoms with Crippen LogP contribution in [0.4, 0.5) is 15.4 Å². The predicted octanol–water partition coefficient (Wildman–Crippen LogP) is 2.84. The zero-order valence-corrected chi connectivity index (χ0v) is 17.4. The van der Waals surface area contributed by atoms with Gasteiger partial charge < -0.3 is 25.0 Å². The van der Waals surface area contributed by atoms with Crippen molar-refractivity contribution in [3.63, 3.8) is 0 Å². The van der Waals surface area contributed by atoms with Gasteiger partial charge in [0.05, 0.1) is 0 Å². The second-order valence-corrected chi connectivity index (χ2v) is 7.53. The van der Waals surface area contributed by atoms with E-state index in [-0.39, 0.29) is 18.0 Å². The summed E-state index contributed by atoms with van der Waals surface area (Å²) in [6.07, 6.45) is -2.25. The lowest BCUT2D eigenvalue weighted by molar-refractivity contribution is -0.142. The Morgan fingerprint density at radius 1 is 1.06 bits per heavy atom. The lowest BCUT2D eigenvalue weighted by atomic mass is 10.0. The van der Waals surface area contributed by atoms with Crippen LogP contribution in [0.5, 0.6) is 0 Å². The fourth-order valence-electron chi connectivity index (χ4n) is 2.51. The van der Waals surface area contributed by atoms with E-state index in [1.165, 1.54) is 18.3 Å². The number of ether oxygens (including phenoxy) is 2. The van der Waals surface area contributed by atoms with Gasteiger partial charge in [0.2, 0.25) is 0 Å². The number of aliphatic hydroxyl groups is 1. The molecule has 2 atom stereocenters. The molecule has 4 N–H and O–H groups in total. The van der Waals surface area contributed by atoms with Crippen LogP contribution in [-0.2, 0) is 20.9 Å². The number of benzene rings is 1. The molecule has 1 heterocycles. The van der Waals surface area contributed by atoms with E-state index in [0.29, 0.717) is 5.56 Å². The number of pyridine rings is 1. The Morgan fingerprint density at radius 3 is 2.35 bits per heavy atom. The molecule has 166 valence electrons. The molecule has 1 aromatic carbocycles. The van der Waals surface area contributed by atoms with Crippen molar-refractivity contribution >= 4 is 24.0 Å². The molecular formula is C21H25N3O7. The summed E-state index contributed by atoms with van der Waals surface area (Å²) in [7, 11) is 0. The smallest absolute Gasteiger partial charge is 0.413 e. The summed E-state index contributed by atoms with van der Waals surface area (Å²) in [6.45, 7) is 4.94. The molecule has 0 radical (unpaired) electrons. The van der Waals surface area contributed by atoms with Crippen LogP contribution in [0.25, 0.3) is 0 Å². The number of carboxylic acids is 1. The quantitative estimate of drug-likeness (QED) is 0.523. The molecule has 1 aromatic heterocycles. The van der Waals surface area contributed by atoms with Crippen LogP contribution in [0.3, 0.4) is 0 Å². The minimum Gasteiger partial charge on any atom is -0.480 e. The molecule has 10 heteroatoms. The molecular weight excluding hydrogens is 406 g/mol. The highest BCUT2D eigenvalue weighted by Gasteiger charge is 2.32. The number of carbonyl (C=O) groups is 3. The Labute approximate surface area is 179 Å². The number of nitrogens with zero attached hydrogens (tertiary/aromatic N) is 1. The van der Waals surface area contributed by atoms with Gasteiger partial charge in [-0.3, -0.25) is 5.32 Å². The van der Waals surface area contributed by atoms with Gasteiger partial charge in [0, 0.05) is 11.8 Å². The number of hydrogen-bond acceptors (Lipinski definition) is 7. The second-order valence-electron chi connectivity index (χ2n) is 7.53. The Kier molecular flexibility index (Phi) is 7.92. The first kappa shape index (κ1) is 23.6. The first-order valence-corrected chi connectivity index (χ1v) is 9.40. The molecule has 31 heavy (non-hydrogen) atoms. The lowest BCUT2D eigenvalue weighted by Gasteiger charge is -2.23. The van der Waals surface area contributed by atoms with E-state index >= 15 is 0 Å². The molecule has 2 amide bonds. The van der Waals surface area contributed by atoms with E-state index in [4.69, 9.17) is 9.47 Å². The maximum absolute atomic E-state index is 12.1. The van der Waals surface area contributed by atoms with Crippen LogP contribution >= 0.6 is 0 Å². The van der Waals surface area contributed by atoms with Crippen LogP contribution in [0.1, 0.15) is 38.0 Å². The summed E-state index contributed by atoms with van der Waals surface area (Å²) in [6, 6.07) is 9.87. The number of alkyl carbamates (subject to hydrolysis) is 1. The summed E-state index contributed by atoms with van der Waals surface area (Å²) >= 11 is 0. The van der Waals surface area contributed by atoms with E-state index < -0.39 is 35.9 Å². The number of aromatic nitrogens is 1. The number of aliphatic carboxylic acids is 1. The summed E-state index contributed by atoms with van der Waals surface area (Å²) < 4.78 is 10.2. The van der Waals surface area contributed by atoms with Gasteiger partial charge in [-0.25, -0.2) is 19.4 Å². The highest BCUT2D eigenvalue weighted by Crippen LogP contribution is 2.24. The zero-order chi connectivity index (χ0) is 23.0. The number of carboxylic acid groups (broad SMARTS) is 1. The van der Waals surface area contributed by atoms with Gasteiger partial charge in [0.1, 0.15) is 24.1 Å². The number of hydrogen-bond donors (Lipinski definition) is 4. The topological polar surface area (TPSA) is 147 Å². The predicted molar refractivity (Wildman–Crippen MR) is 110 cm³/mol. The van der Waals surface area contributed by atoms with Crippen LogP contribution in [0.2, 0.25) is 0 Å². The van der Waals surface area contributed by atoms with E-state index in [2.05, 4.69) is 15.6 Å². The third kappa shape index (κ3) is 7.59. The highest BCUT2D eigenvalue weighted by atomic mass is 16.6. The standard InChI is InChI=1S/C21H25N3O7/c1-21(2,3)31-20(29)24-17-14(10-7-11-22-17)16(25)15(18(26)27)23-19(28)30-12-13-8-5-4-6-9-13/h4-11,15-16,25H,12H2,1-3H3,(H,23,28)(H,26,27)(H,22,24,29)/t15-,16-/m0/s1. The SMILES string of the molecule is CC(C)(C)OC(=O)Nc1ncccc1[C@H](O)[C@H](NC(=O)OCc1ccccc1)C(=O)O. The minimum absolute atomic E-state index is 0.0240. The molecule has 0 fully saturated rings. The van der Waals surface area contributed by atoms with Crippen LogP contribution in [0.15, 0.2) is 48.7 Å². The molecule has 0 unspecified atom stereocenters. The zero-order valence-electron chi connectivity index (χ0n) is 17.4. The Bertz CT molecular complexity index is 913. The van der Waals surface area contributed by atoms with Crippen molar-refractivity contribution in [3.05, 3.63) is 59.8 Å². The van der Waals surface area contributed by atoms with Gasteiger partial charge >= 0.3 is 18.2 Å². The third-order valence-electron chi connectivity index (χ3n) is 3.84. The number of carbonyl (C=O) groups excluding carboxylic acids is 2. The highest BCUT2D eigenvalue weighted by molar-refractivity contribution is 5.85. The Balaban J connectivity index is 2.10. The molecule has 0 aliphatic heterocycles. The average molecular weight is 431 g/mol. The lowest BCUT2D eigenvalue weighted by Crippen LogP contribution is -2.45. The molecule has 0 aliphatic rings. The van der Waals surface area contributed by atoms with Crippen LogP contribution in [0, 0.1) is 0 Å². The van der Waals surface area contributed by atoms with Crippen molar-refractivity contribution < 1.29 is 34.1 Å². The normalized spacial score (nSPS) is 12.9. The van der Waals surface area contributed by atoms with Crippen molar-refractivity contribution in [2.75, 3.05) is 5.32 Å². The van der Waals surface area contributed by atoms with E-state index in [9.17, 15) is 24.6 Å². The maximum Gasteiger partial charge on any atom is 0.413 e. The molecule has 0 aliphatic carbocycles. The first-order valence-electron chi connectivity index (χ1n) is 9.40. The fourth-order valence-corrected chi connectivity index (χ4v) is 2.51. The Hall–Kier alpha value is -3.66. The number of nitrogens with one attached hydrogen (secondary N) is 2. The van der Waals surface area contributed by atoms with Crippen LogP contribution < -0.4 is 10.6 Å².